The van der Waals surface area contributed by atoms with Crippen LogP contribution >= 0.6 is 23.8 Å². The number of likely N-dealkylation sites (tertiary alicyclic amines) is 1. The molecule has 2 aromatic rings. The molecule has 8 heteroatoms. The van der Waals surface area contributed by atoms with Gasteiger partial charge in [-0.2, -0.15) is 0 Å². The summed E-state index contributed by atoms with van der Waals surface area (Å²) >= 11 is 12.0. The van der Waals surface area contributed by atoms with Crippen LogP contribution < -0.4 is 15.5 Å². The molecule has 1 amide bonds. The van der Waals surface area contributed by atoms with Crippen molar-refractivity contribution in [3.63, 3.8) is 0 Å². The Morgan fingerprint density at radius 2 is 2.07 bits per heavy atom. The lowest BCUT2D eigenvalue weighted by molar-refractivity contribution is -0.119. The van der Waals surface area contributed by atoms with Crippen LogP contribution in [0, 0.1) is 0 Å². The van der Waals surface area contributed by atoms with Crippen LogP contribution in [-0.4, -0.2) is 60.0 Å². The van der Waals surface area contributed by atoms with E-state index in [1.54, 1.807) is 18.0 Å². The first-order valence-corrected chi connectivity index (χ1v) is 10.8. The van der Waals surface area contributed by atoms with Crippen molar-refractivity contribution in [3.8, 4) is 0 Å². The van der Waals surface area contributed by atoms with Crippen molar-refractivity contribution in [2.45, 2.75) is 24.7 Å². The minimum Gasteiger partial charge on any atom is -0.343 e. The van der Waals surface area contributed by atoms with Crippen molar-refractivity contribution >= 4 is 46.2 Å². The Balaban J connectivity index is 1.53. The number of nitrogens with zero attached hydrogens (tertiary/aromatic N) is 3. The van der Waals surface area contributed by atoms with Crippen LogP contribution in [0.2, 0.25) is 5.02 Å². The maximum absolute atomic E-state index is 13.3. The fourth-order valence-corrected chi connectivity index (χ4v) is 4.98. The molecule has 0 spiro atoms. The molecular weight excluding hydrogens is 418 g/mol. The average Bonchev–Trinajstić information content (AvgIpc) is 3.37. The van der Waals surface area contributed by atoms with Gasteiger partial charge in [-0.15, -0.1) is 0 Å². The van der Waals surface area contributed by atoms with Gasteiger partial charge in [0.05, 0.1) is 11.4 Å². The third-order valence-corrected chi connectivity index (χ3v) is 6.61. The number of rotatable bonds is 2. The van der Waals surface area contributed by atoms with Crippen molar-refractivity contribution in [1.82, 2.24) is 15.5 Å². The summed E-state index contributed by atoms with van der Waals surface area (Å²) in [5, 5.41) is 7.88. The third kappa shape index (κ3) is 3.37. The van der Waals surface area contributed by atoms with Crippen LogP contribution in [0.15, 0.2) is 53.5 Å². The van der Waals surface area contributed by atoms with Crippen LogP contribution in [0.3, 0.4) is 0 Å². The SMILES string of the molecule is CN1C(=O)C(NC(=S)N2CC3CC2CN3)N=C(c2ccccc2)c2cc(Cl)ccc21. The summed E-state index contributed by atoms with van der Waals surface area (Å²) in [6, 6.07) is 16.2. The molecule has 30 heavy (non-hydrogen) atoms. The summed E-state index contributed by atoms with van der Waals surface area (Å²) in [7, 11) is 1.76. The normalized spacial score (nSPS) is 25.1. The van der Waals surface area contributed by atoms with Gasteiger partial charge in [0.2, 0.25) is 6.17 Å². The Hall–Kier alpha value is -2.48. The zero-order valence-corrected chi connectivity index (χ0v) is 18.1. The summed E-state index contributed by atoms with van der Waals surface area (Å²) in [5.74, 6) is -0.158. The van der Waals surface area contributed by atoms with Crippen LogP contribution in [-0.2, 0) is 4.79 Å². The van der Waals surface area contributed by atoms with Crippen LogP contribution in [0.5, 0.6) is 0 Å². The topological polar surface area (TPSA) is 60.0 Å². The first-order valence-electron chi connectivity index (χ1n) is 10.0. The molecule has 3 aliphatic heterocycles. The molecule has 3 aliphatic rings. The summed E-state index contributed by atoms with van der Waals surface area (Å²) in [4.78, 5) is 22.0. The van der Waals surface area contributed by atoms with Gasteiger partial charge in [0.1, 0.15) is 0 Å². The molecule has 0 radical (unpaired) electrons. The van der Waals surface area contributed by atoms with Gasteiger partial charge in [0.15, 0.2) is 5.11 Å². The highest BCUT2D eigenvalue weighted by Crippen LogP contribution is 2.30. The molecule has 154 valence electrons. The van der Waals surface area contributed by atoms with Gasteiger partial charge in [-0.25, -0.2) is 4.99 Å². The number of benzene rings is 2. The fourth-order valence-electron chi connectivity index (χ4n) is 4.48. The molecule has 2 fully saturated rings. The number of fused-ring (bicyclic) bond motifs is 3. The fraction of sp³-hybridized carbons (Fsp3) is 0.318. The largest absolute Gasteiger partial charge is 0.343 e. The highest BCUT2D eigenvalue weighted by atomic mass is 35.5. The molecule has 0 aliphatic carbocycles. The number of carbonyl (C=O) groups is 1. The van der Waals surface area contributed by atoms with E-state index in [0.29, 0.717) is 22.2 Å². The quantitative estimate of drug-likeness (QED) is 0.704. The average molecular weight is 440 g/mol. The number of nitrogens with one attached hydrogen (secondary N) is 2. The Morgan fingerprint density at radius 3 is 2.77 bits per heavy atom. The molecule has 3 unspecified atom stereocenters. The van der Waals surface area contributed by atoms with Crippen molar-refractivity contribution in [2.75, 3.05) is 25.0 Å². The molecule has 3 atom stereocenters. The summed E-state index contributed by atoms with van der Waals surface area (Å²) < 4.78 is 0. The number of halogens is 1. The molecule has 6 nitrogen and oxygen atoms in total. The molecule has 2 saturated heterocycles. The molecule has 2 bridgehead atoms. The second-order valence-corrected chi connectivity index (χ2v) is 8.72. The van der Waals surface area contributed by atoms with Crippen LogP contribution in [0.4, 0.5) is 5.69 Å². The Bertz CT molecular complexity index is 1040. The van der Waals surface area contributed by atoms with E-state index >= 15 is 0 Å². The number of thiocarbonyl (C=S) groups is 1. The van der Waals surface area contributed by atoms with Crippen molar-refractivity contribution in [3.05, 3.63) is 64.7 Å². The maximum Gasteiger partial charge on any atom is 0.272 e. The molecule has 0 aromatic heterocycles. The predicted molar refractivity (Wildman–Crippen MR) is 123 cm³/mol. The summed E-state index contributed by atoms with van der Waals surface area (Å²) in [5.41, 5.74) is 3.23. The number of carbonyl (C=O) groups excluding carboxylic acids is 1. The first-order chi connectivity index (χ1) is 14.5. The maximum atomic E-state index is 13.3. The van der Waals surface area contributed by atoms with E-state index in [4.69, 9.17) is 28.8 Å². The van der Waals surface area contributed by atoms with E-state index in [-0.39, 0.29) is 5.91 Å². The van der Waals surface area contributed by atoms with Crippen LogP contribution in [0.25, 0.3) is 0 Å². The number of piperazine rings is 1. The van der Waals surface area contributed by atoms with Gasteiger partial charge in [0, 0.05) is 48.4 Å². The predicted octanol–water partition coefficient (Wildman–Crippen LogP) is 2.40. The van der Waals surface area contributed by atoms with Crippen LogP contribution in [0.1, 0.15) is 17.5 Å². The minimum absolute atomic E-state index is 0.158. The van der Waals surface area contributed by atoms with E-state index in [1.807, 2.05) is 42.5 Å². The lowest BCUT2D eigenvalue weighted by Crippen LogP contribution is -2.55. The number of anilines is 1. The number of hydrogen-bond donors (Lipinski definition) is 2. The molecule has 2 N–H and O–H groups in total. The Morgan fingerprint density at radius 1 is 1.27 bits per heavy atom. The number of hydrogen-bond acceptors (Lipinski definition) is 4. The van der Waals surface area contributed by atoms with E-state index in [0.717, 1.165) is 42.0 Å². The molecule has 3 heterocycles. The standard InChI is InChI=1S/C22H22ClN5OS/c1-27-18-8-7-14(23)9-17(18)19(13-5-3-2-4-6-13)25-20(21(27)29)26-22(30)28-12-15-10-16(28)11-24-15/h2-9,15-16,20,24H,10-12H2,1H3,(H,26,30). The zero-order chi connectivity index (χ0) is 20.8. The minimum atomic E-state index is -0.809. The second-order valence-electron chi connectivity index (χ2n) is 7.90. The molecular formula is C22H22ClN5OS. The zero-order valence-electron chi connectivity index (χ0n) is 16.5. The number of likely N-dealkylation sites (N-methyl/N-ethyl adjacent to an activating group) is 1. The first kappa shape index (κ1) is 19.5. The summed E-state index contributed by atoms with van der Waals surface area (Å²) in [6.45, 7) is 1.78. The van der Waals surface area contributed by atoms with E-state index in [1.165, 1.54) is 0 Å². The van der Waals surface area contributed by atoms with Crippen molar-refractivity contribution < 1.29 is 4.79 Å². The summed E-state index contributed by atoms with van der Waals surface area (Å²) in [6.07, 6.45) is 0.277. The lowest BCUT2D eigenvalue weighted by atomic mass is 10.0. The van der Waals surface area contributed by atoms with Gasteiger partial charge < -0.3 is 20.4 Å². The van der Waals surface area contributed by atoms with Gasteiger partial charge in [0.25, 0.3) is 5.91 Å². The molecule has 5 rings (SSSR count). The van der Waals surface area contributed by atoms with Gasteiger partial charge in [-0.1, -0.05) is 41.9 Å². The van der Waals surface area contributed by atoms with E-state index in [9.17, 15) is 4.79 Å². The Labute approximate surface area is 185 Å². The van der Waals surface area contributed by atoms with Crippen molar-refractivity contribution in [2.24, 2.45) is 4.99 Å². The monoisotopic (exact) mass is 439 g/mol. The molecule has 0 saturated carbocycles. The highest BCUT2D eigenvalue weighted by molar-refractivity contribution is 7.80. The van der Waals surface area contributed by atoms with Gasteiger partial charge in [-0.3, -0.25) is 4.79 Å². The van der Waals surface area contributed by atoms with Gasteiger partial charge >= 0.3 is 0 Å². The second kappa shape index (κ2) is 7.65. The van der Waals surface area contributed by atoms with Gasteiger partial charge in [-0.05, 0) is 36.8 Å². The lowest BCUT2D eigenvalue weighted by Gasteiger charge is -2.31. The number of amides is 1. The smallest absolute Gasteiger partial charge is 0.272 e. The number of aliphatic imine (C=N–C) groups is 1. The number of benzodiazepines with no additional fused rings is 1. The van der Waals surface area contributed by atoms with E-state index in [2.05, 4.69) is 15.5 Å². The Kier molecular flexibility index (Phi) is 4.97. The van der Waals surface area contributed by atoms with E-state index < -0.39 is 6.17 Å². The highest BCUT2D eigenvalue weighted by Gasteiger charge is 2.40. The molecule has 2 aromatic carbocycles. The third-order valence-electron chi connectivity index (χ3n) is 6.02. The van der Waals surface area contributed by atoms with Crippen molar-refractivity contribution in [1.29, 1.82) is 0 Å².